The van der Waals surface area contributed by atoms with Gasteiger partial charge in [0.1, 0.15) is 0 Å². The number of hydrogen-bond acceptors (Lipinski definition) is 2. The van der Waals surface area contributed by atoms with Gasteiger partial charge in [0, 0.05) is 18.1 Å². The summed E-state index contributed by atoms with van der Waals surface area (Å²) in [4.78, 5) is 4.46. The van der Waals surface area contributed by atoms with Crippen LogP contribution in [0.1, 0.15) is 27.7 Å². The fraction of sp³-hybridized carbons (Fsp3) is 0.438. The first-order valence-corrected chi connectivity index (χ1v) is 6.56. The van der Waals surface area contributed by atoms with E-state index in [9.17, 15) is 0 Å². The highest BCUT2D eigenvalue weighted by atomic mass is 14.9. The predicted molar refractivity (Wildman–Crippen MR) is 78.9 cm³/mol. The molecule has 0 aliphatic rings. The Bertz CT molecular complexity index is 521. The van der Waals surface area contributed by atoms with Crippen LogP contribution in [0.4, 0.5) is 5.69 Å². The molecule has 1 heterocycles. The Kier molecular flexibility index (Phi) is 3.55. The molecule has 0 amide bonds. The molecule has 18 heavy (non-hydrogen) atoms. The molecule has 1 aromatic heterocycles. The summed E-state index contributed by atoms with van der Waals surface area (Å²) >= 11 is 0. The Morgan fingerprint density at radius 1 is 1.17 bits per heavy atom. The van der Waals surface area contributed by atoms with Crippen LogP contribution in [0.3, 0.4) is 0 Å². The van der Waals surface area contributed by atoms with Crippen LogP contribution in [-0.4, -0.2) is 11.5 Å². The number of pyridine rings is 1. The summed E-state index contributed by atoms with van der Waals surface area (Å²) in [5.41, 5.74) is 2.51. The van der Waals surface area contributed by atoms with Gasteiger partial charge in [0.15, 0.2) is 0 Å². The van der Waals surface area contributed by atoms with Crippen LogP contribution in [0.25, 0.3) is 10.9 Å². The molecule has 0 fully saturated rings. The monoisotopic (exact) mass is 242 g/mol. The average molecular weight is 242 g/mol. The van der Waals surface area contributed by atoms with E-state index < -0.39 is 0 Å². The number of rotatable bonds is 3. The fourth-order valence-electron chi connectivity index (χ4n) is 1.82. The Morgan fingerprint density at radius 3 is 2.61 bits per heavy atom. The van der Waals surface area contributed by atoms with Gasteiger partial charge in [0.2, 0.25) is 0 Å². The highest BCUT2D eigenvalue weighted by molar-refractivity contribution is 5.90. The Labute approximate surface area is 109 Å². The topological polar surface area (TPSA) is 24.9 Å². The van der Waals surface area contributed by atoms with Crippen molar-refractivity contribution in [3.8, 4) is 0 Å². The van der Waals surface area contributed by atoms with Gasteiger partial charge < -0.3 is 5.32 Å². The van der Waals surface area contributed by atoms with E-state index in [2.05, 4.69) is 62.3 Å². The van der Waals surface area contributed by atoms with Gasteiger partial charge in [-0.25, -0.2) is 0 Å². The molecule has 1 N–H and O–H groups in total. The Morgan fingerprint density at radius 2 is 1.89 bits per heavy atom. The van der Waals surface area contributed by atoms with E-state index in [1.165, 1.54) is 5.39 Å². The van der Waals surface area contributed by atoms with Gasteiger partial charge in [0.05, 0.1) is 11.2 Å². The number of para-hydroxylation sites is 1. The standard InChI is InChI=1S/C16H22N2/c1-12(16(2,3)4)11-18-14-9-5-7-13-8-6-10-17-15(13)14/h5-10,12,18H,11H2,1-4H3. The minimum Gasteiger partial charge on any atom is -0.383 e. The van der Waals surface area contributed by atoms with Crippen LogP contribution in [0.15, 0.2) is 36.5 Å². The van der Waals surface area contributed by atoms with Gasteiger partial charge in [-0.1, -0.05) is 45.9 Å². The molecule has 2 nitrogen and oxygen atoms in total. The van der Waals surface area contributed by atoms with E-state index in [1.54, 1.807) is 0 Å². The van der Waals surface area contributed by atoms with Crippen molar-refractivity contribution in [1.29, 1.82) is 0 Å². The largest absolute Gasteiger partial charge is 0.383 e. The zero-order chi connectivity index (χ0) is 13.2. The minimum absolute atomic E-state index is 0.324. The van der Waals surface area contributed by atoms with Crippen molar-refractivity contribution in [3.63, 3.8) is 0 Å². The third-order valence-electron chi connectivity index (χ3n) is 3.71. The molecule has 0 aliphatic heterocycles. The molecule has 2 aromatic rings. The number of aromatic nitrogens is 1. The highest BCUT2D eigenvalue weighted by Crippen LogP contribution is 2.27. The van der Waals surface area contributed by atoms with Crippen molar-refractivity contribution in [1.82, 2.24) is 4.98 Å². The summed E-state index contributed by atoms with van der Waals surface area (Å²) in [6.45, 7) is 10.1. The highest BCUT2D eigenvalue weighted by Gasteiger charge is 2.19. The maximum atomic E-state index is 4.46. The first-order chi connectivity index (χ1) is 8.48. The SMILES string of the molecule is CC(CNc1cccc2cccnc12)C(C)(C)C. The summed E-state index contributed by atoms with van der Waals surface area (Å²) in [7, 11) is 0. The first-order valence-electron chi connectivity index (χ1n) is 6.56. The number of hydrogen-bond donors (Lipinski definition) is 1. The maximum absolute atomic E-state index is 4.46. The van der Waals surface area contributed by atoms with Gasteiger partial charge in [-0.15, -0.1) is 0 Å². The van der Waals surface area contributed by atoms with Gasteiger partial charge >= 0.3 is 0 Å². The molecule has 96 valence electrons. The average Bonchev–Trinajstić information content (AvgIpc) is 2.34. The van der Waals surface area contributed by atoms with E-state index in [0.717, 1.165) is 17.7 Å². The van der Waals surface area contributed by atoms with Crippen LogP contribution >= 0.6 is 0 Å². The lowest BCUT2D eigenvalue weighted by atomic mass is 9.82. The van der Waals surface area contributed by atoms with Gasteiger partial charge in [-0.3, -0.25) is 4.98 Å². The molecule has 0 bridgehead atoms. The van der Waals surface area contributed by atoms with Crippen molar-refractivity contribution in [3.05, 3.63) is 36.5 Å². The molecule has 0 spiro atoms. The van der Waals surface area contributed by atoms with Gasteiger partial charge in [-0.2, -0.15) is 0 Å². The second-order valence-corrected chi connectivity index (χ2v) is 6.03. The summed E-state index contributed by atoms with van der Waals surface area (Å²) in [6, 6.07) is 10.4. The summed E-state index contributed by atoms with van der Waals surface area (Å²) in [5, 5.41) is 4.72. The molecule has 1 aromatic carbocycles. The molecule has 1 atom stereocenters. The zero-order valence-electron chi connectivity index (χ0n) is 11.7. The smallest absolute Gasteiger partial charge is 0.0933 e. The molecule has 1 unspecified atom stereocenters. The lowest BCUT2D eigenvalue weighted by Crippen LogP contribution is -2.24. The van der Waals surface area contributed by atoms with Gasteiger partial charge in [0.25, 0.3) is 0 Å². The molecule has 0 aliphatic carbocycles. The molecule has 0 saturated heterocycles. The van der Waals surface area contributed by atoms with Crippen LogP contribution < -0.4 is 5.32 Å². The molecular formula is C16H22N2. The Balaban J connectivity index is 2.18. The minimum atomic E-state index is 0.324. The third-order valence-corrected chi connectivity index (χ3v) is 3.71. The third kappa shape index (κ3) is 2.81. The molecule has 2 heteroatoms. The number of nitrogens with one attached hydrogen (secondary N) is 1. The van der Waals surface area contributed by atoms with Crippen LogP contribution in [-0.2, 0) is 0 Å². The lowest BCUT2D eigenvalue weighted by Gasteiger charge is -2.27. The van der Waals surface area contributed by atoms with E-state index in [-0.39, 0.29) is 0 Å². The fourth-order valence-corrected chi connectivity index (χ4v) is 1.82. The van der Waals surface area contributed by atoms with Crippen molar-refractivity contribution < 1.29 is 0 Å². The van der Waals surface area contributed by atoms with Crippen LogP contribution in [0.5, 0.6) is 0 Å². The second kappa shape index (κ2) is 4.97. The van der Waals surface area contributed by atoms with Crippen molar-refractivity contribution in [2.24, 2.45) is 11.3 Å². The number of nitrogens with zero attached hydrogens (tertiary/aromatic N) is 1. The number of anilines is 1. The summed E-state index contributed by atoms with van der Waals surface area (Å²) in [5.74, 6) is 0.608. The molecular weight excluding hydrogens is 220 g/mol. The van der Waals surface area contributed by atoms with E-state index >= 15 is 0 Å². The van der Waals surface area contributed by atoms with E-state index in [1.807, 2.05) is 12.3 Å². The predicted octanol–water partition coefficient (Wildman–Crippen LogP) is 4.33. The zero-order valence-corrected chi connectivity index (χ0v) is 11.7. The van der Waals surface area contributed by atoms with Crippen molar-refractivity contribution in [2.45, 2.75) is 27.7 Å². The summed E-state index contributed by atoms with van der Waals surface area (Å²) < 4.78 is 0. The molecule has 2 rings (SSSR count). The second-order valence-electron chi connectivity index (χ2n) is 6.03. The van der Waals surface area contributed by atoms with Crippen molar-refractivity contribution in [2.75, 3.05) is 11.9 Å². The molecule has 0 saturated carbocycles. The van der Waals surface area contributed by atoms with E-state index in [4.69, 9.17) is 0 Å². The number of fused-ring (bicyclic) bond motifs is 1. The van der Waals surface area contributed by atoms with Crippen LogP contribution in [0, 0.1) is 11.3 Å². The van der Waals surface area contributed by atoms with E-state index in [0.29, 0.717) is 11.3 Å². The lowest BCUT2D eigenvalue weighted by molar-refractivity contribution is 0.274. The molecule has 0 radical (unpaired) electrons. The summed E-state index contributed by atoms with van der Waals surface area (Å²) in [6.07, 6.45) is 1.85. The normalized spacial score (nSPS) is 13.6. The van der Waals surface area contributed by atoms with Gasteiger partial charge in [-0.05, 0) is 23.5 Å². The van der Waals surface area contributed by atoms with Crippen LogP contribution in [0.2, 0.25) is 0 Å². The Hall–Kier alpha value is -1.57. The maximum Gasteiger partial charge on any atom is 0.0933 e. The number of benzene rings is 1. The first kappa shape index (κ1) is 12.9. The quantitative estimate of drug-likeness (QED) is 0.866. The van der Waals surface area contributed by atoms with Crippen molar-refractivity contribution >= 4 is 16.6 Å².